The number of nitroso groups, excluding NO2 is 1. The molecule has 0 radical (unpaired) electrons. The molecule has 2 aromatic rings. The molecule has 0 atom stereocenters. The van der Waals surface area contributed by atoms with Crippen molar-refractivity contribution in [2.75, 3.05) is 0 Å². The lowest BCUT2D eigenvalue weighted by Gasteiger charge is -2.08. The van der Waals surface area contributed by atoms with Gasteiger partial charge < -0.3 is 4.42 Å². The minimum Gasteiger partial charge on any atom is -0.436 e. The van der Waals surface area contributed by atoms with Crippen molar-refractivity contribution in [3.05, 3.63) is 64.1 Å². The predicted molar refractivity (Wildman–Crippen MR) is 78.6 cm³/mol. The standard InChI is InChI=1S/C17H13NO2/c19-18-17-8-7-16(20-17)13-6-5-12-9-11-3-1-2-4-14(11)15(12)10-13/h2,4-8,10H,1,3,9H2. The van der Waals surface area contributed by atoms with Crippen LogP contribution in [0.15, 0.2) is 57.7 Å². The molecule has 0 fully saturated rings. The van der Waals surface area contributed by atoms with E-state index in [2.05, 4.69) is 35.5 Å². The number of nitrogens with zero attached hydrogens (tertiary/aromatic N) is 1. The molecule has 1 aromatic carbocycles. The van der Waals surface area contributed by atoms with Crippen molar-refractivity contribution < 1.29 is 4.42 Å². The summed E-state index contributed by atoms with van der Waals surface area (Å²) < 4.78 is 5.40. The lowest BCUT2D eigenvalue weighted by Crippen LogP contribution is -1.88. The van der Waals surface area contributed by atoms with E-state index in [1.54, 1.807) is 12.1 Å². The number of fused-ring (bicyclic) bond motifs is 2. The summed E-state index contributed by atoms with van der Waals surface area (Å²) in [5, 5.41) is 2.82. The highest BCUT2D eigenvalue weighted by atomic mass is 16.4. The summed E-state index contributed by atoms with van der Waals surface area (Å²) >= 11 is 0. The highest BCUT2D eigenvalue weighted by Crippen LogP contribution is 2.40. The van der Waals surface area contributed by atoms with Gasteiger partial charge in [0.15, 0.2) is 0 Å². The van der Waals surface area contributed by atoms with Gasteiger partial charge in [0, 0.05) is 16.8 Å². The van der Waals surface area contributed by atoms with E-state index in [1.165, 1.54) is 22.3 Å². The quantitative estimate of drug-likeness (QED) is 0.715. The highest BCUT2D eigenvalue weighted by Gasteiger charge is 2.22. The fourth-order valence-corrected chi connectivity index (χ4v) is 3.07. The summed E-state index contributed by atoms with van der Waals surface area (Å²) in [6.45, 7) is 0. The first-order valence-corrected chi connectivity index (χ1v) is 6.80. The fourth-order valence-electron chi connectivity index (χ4n) is 3.07. The molecule has 2 aliphatic carbocycles. The van der Waals surface area contributed by atoms with Gasteiger partial charge >= 0.3 is 0 Å². The fraction of sp³-hybridized carbons (Fsp3) is 0.176. The molecular weight excluding hydrogens is 250 g/mol. The van der Waals surface area contributed by atoms with E-state index in [9.17, 15) is 4.91 Å². The highest BCUT2D eigenvalue weighted by molar-refractivity contribution is 5.85. The van der Waals surface area contributed by atoms with Gasteiger partial charge in [0.05, 0.1) is 0 Å². The average Bonchev–Trinajstić information content (AvgIpc) is 3.11. The molecule has 98 valence electrons. The Morgan fingerprint density at radius 1 is 1.15 bits per heavy atom. The van der Waals surface area contributed by atoms with Gasteiger partial charge in [0.25, 0.3) is 5.88 Å². The van der Waals surface area contributed by atoms with Gasteiger partial charge in [-0.25, -0.2) is 0 Å². The van der Waals surface area contributed by atoms with Crippen LogP contribution < -0.4 is 0 Å². The van der Waals surface area contributed by atoms with Crippen molar-refractivity contribution in [2.24, 2.45) is 5.18 Å². The van der Waals surface area contributed by atoms with Crippen LogP contribution in [-0.2, 0) is 6.42 Å². The molecule has 2 aliphatic rings. The molecule has 0 amide bonds. The van der Waals surface area contributed by atoms with E-state index in [-0.39, 0.29) is 5.88 Å². The number of hydrogen-bond donors (Lipinski definition) is 0. The van der Waals surface area contributed by atoms with Crippen molar-refractivity contribution in [1.82, 2.24) is 0 Å². The third kappa shape index (κ3) is 1.67. The summed E-state index contributed by atoms with van der Waals surface area (Å²) in [4.78, 5) is 10.5. The maximum Gasteiger partial charge on any atom is 0.260 e. The Morgan fingerprint density at radius 3 is 2.95 bits per heavy atom. The van der Waals surface area contributed by atoms with Crippen molar-refractivity contribution in [2.45, 2.75) is 19.3 Å². The van der Waals surface area contributed by atoms with E-state index in [1.807, 2.05) is 0 Å². The summed E-state index contributed by atoms with van der Waals surface area (Å²) in [5.41, 5.74) is 6.57. The average molecular weight is 263 g/mol. The largest absolute Gasteiger partial charge is 0.436 e. The Balaban J connectivity index is 1.80. The summed E-state index contributed by atoms with van der Waals surface area (Å²) in [6, 6.07) is 9.75. The van der Waals surface area contributed by atoms with Crippen LogP contribution in [0.2, 0.25) is 0 Å². The van der Waals surface area contributed by atoms with Crippen LogP contribution in [0.25, 0.3) is 16.9 Å². The van der Waals surface area contributed by atoms with Crippen LogP contribution in [0.1, 0.15) is 24.0 Å². The second-order valence-corrected chi connectivity index (χ2v) is 5.24. The summed E-state index contributed by atoms with van der Waals surface area (Å²) in [7, 11) is 0. The normalized spacial score (nSPS) is 16.2. The van der Waals surface area contributed by atoms with E-state index < -0.39 is 0 Å². The molecule has 1 aromatic heterocycles. The third-order valence-electron chi connectivity index (χ3n) is 4.05. The number of rotatable bonds is 2. The molecule has 4 rings (SSSR count). The molecule has 0 unspecified atom stereocenters. The van der Waals surface area contributed by atoms with Crippen molar-refractivity contribution in [3.63, 3.8) is 0 Å². The van der Waals surface area contributed by atoms with Crippen LogP contribution in [0.3, 0.4) is 0 Å². The second-order valence-electron chi connectivity index (χ2n) is 5.24. The van der Waals surface area contributed by atoms with E-state index in [0.29, 0.717) is 5.76 Å². The molecule has 0 aliphatic heterocycles. The number of benzene rings is 1. The molecule has 0 N–H and O–H groups in total. The van der Waals surface area contributed by atoms with E-state index >= 15 is 0 Å². The Hall–Kier alpha value is -2.42. The third-order valence-corrected chi connectivity index (χ3v) is 4.05. The van der Waals surface area contributed by atoms with E-state index in [0.717, 1.165) is 24.8 Å². The van der Waals surface area contributed by atoms with Crippen LogP contribution in [-0.4, -0.2) is 0 Å². The molecule has 20 heavy (non-hydrogen) atoms. The monoisotopic (exact) mass is 263 g/mol. The van der Waals surface area contributed by atoms with Crippen molar-refractivity contribution in [1.29, 1.82) is 0 Å². The zero-order chi connectivity index (χ0) is 13.5. The molecule has 0 saturated heterocycles. The summed E-state index contributed by atoms with van der Waals surface area (Å²) in [5.74, 6) is 0.814. The first kappa shape index (κ1) is 11.4. The van der Waals surface area contributed by atoms with Crippen LogP contribution in [0.4, 0.5) is 5.88 Å². The molecule has 1 heterocycles. The molecule has 3 nitrogen and oxygen atoms in total. The Labute approximate surface area is 116 Å². The first-order chi connectivity index (χ1) is 9.85. The van der Waals surface area contributed by atoms with Gasteiger partial charge in [0.2, 0.25) is 0 Å². The first-order valence-electron chi connectivity index (χ1n) is 6.80. The lowest BCUT2D eigenvalue weighted by atomic mass is 9.97. The predicted octanol–water partition coefficient (Wildman–Crippen LogP) is 5.00. The van der Waals surface area contributed by atoms with Crippen LogP contribution >= 0.6 is 0 Å². The topological polar surface area (TPSA) is 42.6 Å². The van der Waals surface area contributed by atoms with Gasteiger partial charge in [-0.1, -0.05) is 29.9 Å². The van der Waals surface area contributed by atoms with E-state index in [4.69, 9.17) is 4.42 Å². The molecular formula is C17H13NO2. The number of furan rings is 1. The zero-order valence-corrected chi connectivity index (χ0v) is 10.9. The van der Waals surface area contributed by atoms with Crippen LogP contribution in [0.5, 0.6) is 0 Å². The molecule has 0 saturated carbocycles. The van der Waals surface area contributed by atoms with Gasteiger partial charge in [0.1, 0.15) is 5.76 Å². The smallest absolute Gasteiger partial charge is 0.260 e. The Kier molecular flexibility index (Phi) is 2.46. The molecule has 0 bridgehead atoms. The van der Waals surface area contributed by atoms with Gasteiger partial charge in [-0.05, 0) is 48.1 Å². The van der Waals surface area contributed by atoms with Gasteiger partial charge in [-0.3, -0.25) is 0 Å². The Morgan fingerprint density at radius 2 is 2.10 bits per heavy atom. The maximum atomic E-state index is 10.5. The van der Waals surface area contributed by atoms with Gasteiger partial charge in [-0.15, -0.1) is 4.91 Å². The second kappa shape index (κ2) is 4.30. The maximum absolute atomic E-state index is 10.5. The van der Waals surface area contributed by atoms with Crippen molar-refractivity contribution >= 4 is 11.5 Å². The van der Waals surface area contributed by atoms with Crippen LogP contribution in [0, 0.1) is 4.91 Å². The number of allylic oxidation sites excluding steroid dienone is 4. The lowest BCUT2D eigenvalue weighted by molar-refractivity contribution is 0.591. The minimum atomic E-state index is 0.123. The SMILES string of the molecule is O=Nc1ccc(-c2ccc3c(c2)C2=C(CCC=C2)C3)o1. The number of hydrogen-bond acceptors (Lipinski definition) is 3. The molecule has 3 heteroatoms. The van der Waals surface area contributed by atoms with Gasteiger partial charge in [-0.2, -0.15) is 0 Å². The minimum absolute atomic E-state index is 0.123. The summed E-state index contributed by atoms with van der Waals surface area (Å²) in [6.07, 6.45) is 7.84. The zero-order valence-electron chi connectivity index (χ0n) is 10.9. The Bertz CT molecular complexity index is 765. The van der Waals surface area contributed by atoms with Crippen molar-refractivity contribution in [3.8, 4) is 11.3 Å². The molecule has 0 spiro atoms.